The van der Waals surface area contributed by atoms with E-state index in [9.17, 15) is 14.4 Å². The van der Waals surface area contributed by atoms with Crippen LogP contribution in [-0.4, -0.2) is 57.0 Å². The minimum atomic E-state index is -0.467. The summed E-state index contributed by atoms with van der Waals surface area (Å²) in [6.45, 7) is 4.69. The molecule has 0 atom stereocenters. The number of ether oxygens (including phenoxy) is 1. The van der Waals surface area contributed by atoms with Crippen LogP contribution in [0.15, 0.2) is 60.7 Å². The van der Waals surface area contributed by atoms with E-state index in [4.69, 9.17) is 9.57 Å². The van der Waals surface area contributed by atoms with Gasteiger partial charge in [0.2, 0.25) is 0 Å². The van der Waals surface area contributed by atoms with E-state index >= 15 is 0 Å². The molecule has 0 spiro atoms. The van der Waals surface area contributed by atoms with Crippen molar-refractivity contribution in [2.75, 3.05) is 45.0 Å². The molecule has 1 heterocycles. The molecule has 0 radical (unpaired) electrons. The number of nitrogens with zero attached hydrogens (tertiary/aromatic N) is 1. The quantitative estimate of drug-likeness (QED) is 0.165. The third kappa shape index (κ3) is 6.17. The predicted octanol–water partition coefficient (Wildman–Crippen LogP) is 4.25. The largest absolute Gasteiger partial charge is 0.465 e. The van der Waals surface area contributed by atoms with Gasteiger partial charge in [-0.2, -0.15) is 0 Å². The first-order valence-corrected chi connectivity index (χ1v) is 12.5. The van der Waals surface area contributed by atoms with Crippen LogP contribution < -0.4 is 16.1 Å². The molecule has 0 aromatic heterocycles. The first-order valence-electron chi connectivity index (χ1n) is 12.5. The Kier molecular flexibility index (Phi) is 8.43. The molecule has 0 saturated carbocycles. The average Bonchev–Trinajstić information content (AvgIpc) is 3.23. The van der Waals surface area contributed by atoms with E-state index < -0.39 is 5.97 Å². The van der Waals surface area contributed by atoms with Crippen molar-refractivity contribution in [3.05, 3.63) is 94.0 Å². The Morgan fingerprint density at radius 2 is 1.67 bits per heavy atom. The molecule has 39 heavy (non-hydrogen) atoms. The van der Waals surface area contributed by atoms with Crippen molar-refractivity contribution in [2.45, 2.75) is 13.8 Å². The number of aryl methyl sites for hydroxylation is 2. The van der Waals surface area contributed by atoms with Gasteiger partial charge in [-0.3, -0.25) is 14.4 Å². The van der Waals surface area contributed by atoms with Crippen LogP contribution in [0.5, 0.6) is 0 Å². The fraction of sp³-hybridized carbons (Fsp3) is 0.233. The number of hydrogen-bond donors (Lipinski definition) is 3. The number of rotatable bonds is 9. The van der Waals surface area contributed by atoms with Gasteiger partial charge in [0, 0.05) is 23.4 Å². The maximum atomic E-state index is 13.3. The van der Waals surface area contributed by atoms with E-state index in [-0.39, 0.29) is 11.8 Å². The first-order chi connectivity index (χ1) is 18.7. The lowest BCUT2D eigenvalue weighted by Crippen LogP contribution is -2.28. The topological polar surface area (TPSA) is 109 Å². The Morgan fingerprint density at radius 1 is 0.949 bits per heavy atom. The number of benzene rings is 3. The highest BCUT2D eigenvalue weighted by Gasteiger charge is 2.30. The molecule has 0 unspecified atom stereocenters. The number of carbonyl (C=O) groups is 3. The molecule has 2 amide bonds. The van der Waals surface area contributed by atoms with E-state index in [1.54, 1.807) is 25.1 Å². The van der Waals surface area contributed by atoms with Crippen molar-refractivity contribution < 1.29 is 24.0 Å². The van der Waals surface area contributed by atoms with Crippen molar-refractivity contribution in [1.29, 1.82) is 0 Å². The number of methoxy groups -OCH3 is 1. The van der Waals surface area contributed by atoms with Crippen molar-refractivity contribution >= 4 is 40.4 Å². The van der Waals surface area contributed by atoms with Crippen molar-refractivity contribution in [1.82, 2.24) is 10.4 Å². The Hall–Kier alpha value is -4.47. The molecule has 0 aliphatic carbocycles. The van der Waals surface area contributed by atoms with Crippen LogP contribution in [0, 0.1) is 13.8 Å². The molecule has 9 heteroatoms. The summed E-state index contributed by atoms with van der Waals surface area (Å²) in [5.74, 6) is -1.09. The van der Waals surface area contributed by atoms with Crippen LogP contribution >= 0.6 is 0 Å². The summed E-state index contributed by atoms with van der Waals surface area (Å²) in [4.78, 5) is 45.3. The van der Waals surface area contributed by atoms with Gasteiger partial charge in [-0.15, -0.1) is 0 Å². The molecule has 0 fully saturated rings. The zero-order valence-electron chi connectivity index (χ0n) is 22.7. The average molecular weight is 529 g/mol. The maximum absolute atomic E-state index is 13.3. The maximum Gasteiger partial charge on any atom is 0.338 e. The molecule has 1 aliphatic rings. The molecule has 0 bridgehead atoms. The van der Waals surface area contributed by atoms with Crippen molar-refractivity contribution in [2.24, 2.45) is 0 Å². The summed E-state index contributed by atoms with van der Waals surface area (Å²) in [6, 6.07) is 18.3. The highest BCUT2D eigenvalue weighted by molar-refractivity contribution is 6.37. The Balaban J connectivity index is 1.69. The second-order valence-electron chi connectivity index (χ2n) is 9.51. The zero-order valence-corrected chi connectivity index (χ0v) is 22.7. The minimum Gasteiger partial charge on any atom is -0.465 e. The van der Waals surface area contributed by atoms with Crippen LogP contribution in [-0.2, 0) is 14.4 Å². The monoisotopic (exact) mass is 528 g/mol. The molecular formula is C30H32N4O5. The number of anilines is 2. The molecule has 9 nitrogen and oxygen atoms in total. The van der Waals surface area contributed by atoms with E-state index in [0.717, 1.165) is 11.1 Å². The Labute approximate surface area is 227 Å². The number of hydroxylamine groups is 1. The van der Waals surface area contributed by atoms with Crippen LogP contribution in [0.25, 0.3) is 11.3 Å². The van der Waals surface area contributed by atoms with Gasteiger partial charge in [-0.25, -0.2) is 10.3 Å². The molecule has 1 aliphatic heterocycles. The minimum absolute atomic E-state index is 0.291. The van der Waals surface area contributed by atoms with E-state index in [1.807, 2.05) is 68.4 Å². The van der Waals surface area contributed by atoms with E-state index in [2.05, 4.69) is 16.1 Å². The number of likely N-dealkylation sites (N-methyl/N-ethyl adjacent to an activating group) is 1. The van der Waals surface area contributed by atoms with Gasteiger partial charge in [0.15, 0.2) is 0 Å². The van der Waals surface area contributed by atoms with Crippen molar-refractivity contribution in [3.63, 3.8) is 0 Å². The SMILES string of the molecule is COC(=O)c1cc2c(cc1C)/C(=C(\Nc1ccc(C(=O)NOCCN(C)C)c(C)c1)c1ccccc1)C(=O)N2. The fourth-order valence-corrected chi connectivity index (χ4v) is 4.33. The highest BCUT2D eigenvalue weighted by atomic mass is 16.7. The summed E-state index contributed by atoms with van der Waals surface area (Å²) in [7, 11) is 5.18. The molecule has 3 aromatic carbocycles. The lowest BCUT2D eigenvalue weighted by atomic mass is 9.96. The second kappa shape index (κ2) is 11.9. The van der Waals surface area contributed by atoms with Gasteiger partial charge < -0.3 is 20.3 Å². The number of hydrogen-bond acceptors (Lipinski definition) is 7. The van der Waals surface area contributed by atoms with Crippen molar-refractivity contribution in [3.8, 4) is 0 Å². The number of carbonyl (C=O) groups excluding carboxylic acids is 3. The number of amides is 2. The summed E-state index contributed by atoms with van der Waals surface area (Å²) < 4.78 is 4.89. The zero-order chi connectivity index (χ0) is 28.1. The van der Waals surface area contributed by atoms with Gasteiger partial charge in [0.25, 0.3) is 11.8 Å². The second-order valence-corrected chi connectivity index (χ2v) is 9.51. The summed E-state index contributed by atoms with van der Waals surface area (Å²) >= 11 is 0. The van der Waals surface area contributed by atoms with Gasteiger partial charge in [0.05, 0.1) is 36.2 Å². The number of esters is 1. The van der Waals surface area contributed by atoms with Gasteiger partial charge in [-0.1, -0.05) is 30.3 Å². The number of fused-ring (bicyclic) bond motifs is 1. The Bertz CT molecular complexity index is 1450. The van der Waals surface area contributed by atoms with E-state index in [1.165, 1.54) is 7.11 Å². The number of nitrogens with one attached hydrogen (secondary N) is 3. The lowest BCUT2D eigenvalue weighted by Gasteiger charge is -2.17. The molecular weight excluding hydrogens is 496 g/mol. The smallest absolute Gasteiger partial charge is 0.338 e. The third-order valence-corrected chi connectivity index (χ3v) is 6.37. The molecule has 3 N–H and O–H groups in total. The Morgan fingerprint density at radius 3 is 2.33 bits per heavy atom. The molecule has 0 saturated heterocycles. The normalized spacial score (nSPS) is 13.5. The van der Waals surface area contributed by atoms with Gasteiger partial charge >= 0.3 is 5.97 Å². The molecule has 202 valence electrons. The first kappa shape index (κ1) is 27.6. The lowest BCUT2D eigenvalue weighted by molar-refractivity contribution is -0.110. The predicted molar refractivity (Wildman–Crippen MR) is 151 cm³/mol. The van der Waals surface area contributed by atoms with E-state index in [0.29, 0.717) is 58.1 Å². The van der Waals surface area contributed by atoms with Gasteiger partial charge in [-0.05, 0) is 75.0 Å². The fourth-order valence-electron chi connectivity index (χ4n) is 4.33. The standard InChI is InChI=1S/C30H32N4O5/c1-18-15-21(11-12-22(18)28(35)33-39-14-13-34(3)4)31-27(20-9-7-6-8-10-20)26-24-16-19(2)23(30(37)38-5)17-25(24)32-29(26)36/h6-12,15-17,31H,13-14H2,1-5H3,(H,32,36)(H,33,35)/b27-26+. The van der Waals surface area contributed by atoms with Gasteiger partial charge in [0.1, 0.15) is 0 Å². The summed E-state index contributed by atoms with van der Waals surface area (Å²) in [6.07, 6.45) is 0. The molecule has 3 aromatic rings. The van der Waals surface area contributed by atoms with Crippen LogP contribution in [0.3, 0.4) is 0 Å². The van der Waals surface area contributed by atoms with Crippen LogP contribution in [0.2, 0.25) is 0 Å². The highest BCUT2D eigenvalue weighted by Crippen LogP contribution is 2.39. The summed E-state index contributed by atoms with van der Waals surface area (Å²) in [5.41, 5.74) is 8.56. The molecule has 4 rings (SSSR count). The third-order valence-electron chi connectivity index (χ3n) is 6.37. The van der Waals surface area contributed by atoms with Crippen LogP contribution in [0.1, 0.15) is 43.0 Å². The van der Waals surface area contributed by atoms with Crippen LogP contribution in [0.4, 0.5) is 11.4 Å². The summed E-state index contributed by atoms with van der Waals surface area (Å²) in [5, 5.41) is 6.29.